The molecule has 1 aromatic heterocycles. The van der Waals surface area contributed by atoms with Crippen molar-refractivity contribution < 1.29 is 4.74 Å². The zero-order valence-corrected chi connectivity index (χ0v) is 15.2. The topological polar surface area (TPSA) is 27.1 Å². The first-order chi connectivity index (χ1) is 9.96. The fourth-order valence-electron chi connectivity index (χ4n) is 2.48. The summed E-state index contributed by atoms with van der Waals surface area (Å²) in [5, 5.41) is 0. The van der Waals surface area contributed by atoms with Gasteiger partial charge in [-0.05, 0) is 30.0 Å². The van der Waals surface area contributed by atoms with Gasteiger partial charge in [-0.2, -0.15) is 0 Å². The first kappa shape index (κ1) is 16.8. The van der Waals surface area contributed by atoms with Crippen LogP contribution in [0.5, 0.6) is 0 Å². The number of methoxy groups -OCH3 is 1. The van der Waals surface area contributed by atoms with E-state index >= 15 is 0 Å². The second-order valence-corrected chi connectivity index (χ2v) is 7.39. The third-order valence-corrected chi connectivity index (χ3v) is 4.36. The molecule has 0 saturated carbocycles. The maximum absolute atomic E-state index is 5.94. The largest absolute Gasteiger partial charge is 0.385 e. The molecular formula is C16H22BrClN2O. The normalized spacial score (nSPS) is 12.2. The quantitative estimate of drug-likeness (QED) is 0.661. The Hall–Kier alpha value is -0.580. The third-order valence-electron chi connectivity index (χ3n) is 3.68. The molecule has 2 aromatic rings. The van der Waals surface area contributed by atoms with E-state index in [0.29, 0.717) is 5.88 Å². The highest BCUT2D eigenvalue weighted by Crippen LogP contribution is 2.28. The zero-order chi connectivity index (χ0) is 15.5. The van der Waals surface area contributed by atoms with Gasteiger partial charge in [0.05, 0.1) is 11.0 Å². The molecular weight excluding hydrogens is 352 g/mol. The van der Waals surface area contributed by atoms with Gasteiger partial charge in [-0.1, -0.05) is 29.8 Å². The Kier molecular flexibility index (Phi) is 5.69. The Labute approximate surface area is 139 Å². The Morgan fingerprint density at radius 3 is 2.81 bits per heavy atom. The summed E-state index contributed by atoms with van der Waals surface area (Å²) in [6.45, 7) is 6.21. The van der Waals surface area contributed by atoms with E-state index in [1.165, 1.54) is 0 Å². The molecule has 0 atom stereocenters. The summed E-state index contributed by atoms with van der Waals surface area (Å²) in [5.41, 5.74) is 2.34. The Bertz CT molecular complexity index is 610. The molecule has 1 heterocycles. The van der Waals surface area contributed by atoms with Crippen molar-refractivity contribution in [2.45, 2.75) is 33.2 Å². The van der Waals surface area contributed by atoms with Crippen LogP contribution in [0.4, 0.5) is 0 Å². The molecule has 0 spiro atoms. The number of halogens is 2. The molecule has 1 aromatic carbocycles. The molecule has 0 N–H and O–H groups in total. The van der Waals surface area contributed by atoms with Gasteiger partial charge in [0.25, 0.3) is 0 Å². The highest BCUT2D eigenvalue weighted by atomic mass is 79.9. The van der Waals surface area contributed by atoms with Gasteiger partial charge in [0.1, 0.15) is 5.82 Å². The maximum Gasteiger partial charge on any atom is 0.111 e. The van der Waals surface area contributed by atoms with Crippen LogP contribution >= 0.6 is 27.5 Å². The van der Waals surface area contributed by atoms with E-state index in [-0.39, 0.29) is 5.41 Å². The molecule has 0 fully saturated rings. The van der Waals surface area contributed by atoms with E-state index in [2.05, 4.69) is 46.5 Å². The van der Waals surface area contributed by atoms with Crippen molar-refractivity contribution in [2.75, 3.05) is 19.6 Å². The molecule has 0 aliphatic heterocycles. The van der Waals surface area contributed by atoms with Crippen LogP contribution < -0.4 is 0 Å². The summed E-state index contributed by atoms with van der Waals surface area (Å²) in [5.74, 6) is 1.65. The molecule has 5 heteroatoms. The van der Waals surface area contributed by atoms with E-state index in [1.807, 2.05) is 6.07 Å². The zero-order valence-electron chi connectivity index (χ0n) is 12.8. The molecule has 0 aliphatic carbocycles. The van der Waals surface area contributed by atoms with Crippen LogP contribution in [0.2, 0.25) is 0 Å². The van der Waals surface area contributed by atoms with Crippen molar-refractivity contribution in [3.63, 3.8) is 0 Å². The van der Waals surface area contributed by atoms with Crippen LogP contribution in [0, 0.1) is 5.41 Å². The monoisotopic (exact) mass is 372 g/mol. The van der Waals surface area contributed by atoms with Crippen LogP contribution in [0.15, 0.2) is 22.7 Å². The molecule has 116 valence electrons. The van der Waals surface area contributed by atoms with E-state index in [4.69, 9.17) is 21.3 Å². The average Bonchev–Trinajstić information content (AvgIpc) is 2.74. The minimum atomic E-state index is 0.146. The van der Waals surface area contributed by atoms with Crippen LogP contribution in [0.1, 0.15) is 26.1 Å². The number of aromatic nitrogens is 2. The minimum Gasteiger partial charge on any atom is -0.385 e. The number of alkyl halides is 1. The number of hydrogen-bond donors (Lipinski definition) is 0. The summed E-state index contributed by atoms with van der Waals surface area (Å²) < 4.78 is 8.60. The van der Waals surface area contributed by atoms with Crippen molar-refractivity contribution in [3.8, 4) is 0 Å². The summed E-state index contributed by atoms with van der Waals surface area (Å²) >= 11 is 9.49. The summed E-state index contributed by atoms with van der Waals surface area (Å²) in [4.78, 5) is 4.73. The van der Waals surface area contributed by atoms with Crippen LogP contribution in [0.3, 0.4) is 0 Å². The highest BCUT2D eigenvalue weighted by molar-refractivity contribution is 9.10. The predicted molar refractivity (Wildman–Crippen MR) is 92.1 cm³/mol. The maximum atomic E-state index is 5.94. The first-order valence-electron chi connectivity index (χ1n) is 7.16. The molecule has 21 heavy (non-hydrogen) atoms. The molecule has 2 rings (SSSR count). The fraction of sp³-hybridized carbons (Fsp3) is 0.562. The molecule has 0 unspecified atom stereocenters. The third kappa shape index (κ3) is 4.21. The van der Waals surface area contributed by atoms with E-state index in [9.17, 15) is 0 Å². The second-order valence-electron chi connectivity index (χ2n) is 6.09. The molecule has 0 bridgehead atoms. The van der Waals surface area contributed by atoms with Gasteiger partial charge in [-0.3, -0.25) is 0 Å². The number of nitrogens with zero attached hydrogens (tertiary/aromatic N) is 2. The average molecular weight is 374 g/mol. The van der Waals surface area contributed by atoms with Crippen LogP contribution in [0.25, 0.3) is 11.0 Å². The minimum absolute atomic E-state index is 0.146. The van der Waals surface area contributed by atoms with Crippen molar-refractivity contribution in [1.82, 2.24) is 9.55 Å². The van der Waals surface area contributed by atoms with Crippen LogP contribution in [-0.4, -0.2) is 29.1 Å². The van der Waals surface area contributed by atoms with Crippen molar-refractivity contribution in [2.24, 2.45) is 5.41 Å². The summed E-state index contributed by atoms with van der Waals surface area (Å²) in [7, 11) is 1.75. The molecule has 0 amide bonds. The standard InChI is InChI=1S/C16H22BrClN2O/c1-16(2,7-9-21-3)11-20-14-10-12(17)4-5-13(14)19-15(20)6-8-18/h4-5,10H,6-9,11H2,1-3H3. The first-order valence-corrected chi connectivity index (χ1v) is 8.49. The predicted octanol–water partition coefficient (Wildman–Crippen LogP) is 4.64. The number of aryl methyl sites for hydroxylation is 1. The van der Waals surface area contributed by atoms with Crippen LogP contribution in [-0.2, 0) is 17.7 Å². The fourth-order valence-corrected chi connectivity index (χ4v) is 3.00. The number of ether oxygens (including phenoxy) is 1. The van der Waals surface area contributed by atoms with Crippen molar-refractivity contribution in [3.05, 3.63) is 28.5 Å². The number of rotatable bonds is 7. The number of fused-ring (bicyclic) bond motifs is 1. The van der Waals surface area contributed by atoms with Crippen molar-refractivity contribution >= 4 is 38.6 Å². The van der Waals surface area contributed by atoms with E-state index in [0.717, 1.165) is 47.3 Å². The Balaban J connectivity index is 2.39. The summed E-state index contributed by atoms with van der Waals surface area (Å²) in [6.07, 6.45) is 1.80. The van der Waals surface area contributed by atoms with Crippen molar-refractivity contribution in [1.29, 1.82) is 0 Å². The SMILES string of the molecule is COCCC(C)(C)Cn1c(CCCl)nc2ccc(Br)cc21. The Morgan fingerprint density at radius 2 is 2.14 bits per heavy atom. The van der Waals surface area contributed by atoms with E-state index in [1.54, 1.807) is 7.11 Å². The lowest BCUT2D eigenvalue weighted by molar-refractivity contribution is 0.142. The highest BCUT2D eigenvalue weighted by Gasteiger charge is 2.22. The number of benzene rings is 1. The molecule has 0 aliphatic rings. The lowest BCUT2D eigenvalue weighted by atomic mass is 9.89. The second kappa shape index (κ2) is 7.12. The lowest BCUT2D eigenvalue weighted by Crippen LogP contribution is -2.23. The Morgan fingerprint density at radius 1 is 1.38 bits per heavy atom. The molecule has 0 saturated heterocycles. The van der Waals surface area contributed by atoms with Gasteiger partial charge in [0.15, 0.2) is 0 Å². The molecule has 3 nitrogen and oxygen atoms in total. The van der Waals surface area contributed by atoms with Gasteiger partial charge < -0.3 is 9.30 Å². The molecule has 0 radical (unpaired) electrons. The van der Waals surface area contributed by atoms with Gasteiger partial charge in [0, 0.05) is 37.0 Å². The van der Waals surface area contributed by atoms with E-state index < -0.39 is 0 Å². The van der Waals surface area contributed by atoms with Gasteiger partial charge in [0.2, 0.25) is 0 Å². The number of hydrogen-bond acceptors (Lipinski definition) is 2. The van der Waals surface area contributed by atoms with Gasteiger partial charge >= 0.3 is 0 Å². The number of imidazole rings is 1. The summed E-state index contributed by atoms with van der Waals surface area (Å²) in [6, 6.07) is 6.21. The smallest absolute Gasteiger partial charge is 0.111 e. The van der Waals surface area contributed by atoms with Gasteiger partial charge in [-0.25, -0.2) is 4.98 Å². The van der Waals surface area contributed by atoms with Gasteiger partial charge in [-0.15, -0.1) is 11.6 Å². The lowest BCUT2D eigenvalue weighted by Gasteiger charge is -2.26.